The van der Waals surface area contributed by atoms with Crippen LogP contribution in [0.15, 0.2) is 54.9 Å². The molecule has 0 bridgehead atoms. The largest absolute Gasteiger partial charge is 0.480 e. The lowest BCUT2D eigenvalue weighted by Gasteiger charge is -2.13. The Morgan fingerprint density at radius 1 is 1.00 bits per heavy atom. The third-order valence-corrected chi connectivity index (χ3v) is 3.21. The van der Waals surface area contributed by atoms with Crippen molar-refractivity contribution < 1.29 is 22.6 Å². The predicted octanol–water partition coefficient (Wildman–Crippen LogP) is 4.58. The van der Waals surface area contributed by atoms with Gasteiger partial charge in [0, 0.05) is 29.7 Å². The number of halogens is 3. The van der Waals surface area contributed by atoms with Crippen molar-refractivity contribution in [2.24, 2.45) is 0 Å². The number of hydrogen-bond donors (Lipinski definition) is 0. The first-order chi connectivity index (χ1) is 12.4. The van der Waals surface area contributed by atoms with Crippen LogP contribution in [0.25, 0.3) is 11.4 Å². The van der Waals surface area contributed by atoms with E-state index in [1.807, 2.05) is 0 Å². The van der Waals surface area contributed by atoms with Gasteiger partial charge < -0.3 is 9.47 Å². The van der Waals surface area contributed by atoms with Crippen LogP contribution in [0.4, 0.5) is 13.2 Å². The van der Waals surface area contributed by atoms with Gasteiger partial charge in [-0.3, -0.25) is 4.98 Å². The number of alkyl halides is 3. The molecule has 3 rings (SSSR count). The molecular weight excluding hydrogens is 347 g/mol. The van der Waals surface area contributed by atoms with Gasteiger partial charge in [-0.25, -0.2) is 4.98 Å². The molecule has 0 aliphatic carbocycles. The summed E-state index contributed by atoms with van der Waals surface area (Å²) in [4.78, 5) is 12.6. The Bertz CT molecular complexity index is 886. The van der Waals surface area contributed by atoms with Gasteiger partial charge in [-0.1, -0.05) is 12.1 Å². The lowest BCUT2D eigenvalue weighted by atomic mass is 10.2. The van der Waals surface area contributed by atoms with Crippen molar-refractivity contribution in [2.75, 3.05) is 6.61 Å². The van der Waals surface area contributed by atoms with E-state index in [2.05, 4.69) is 15.0 Å². The summed E-state index contributed by atoms with van der Waals surface area (Å²) in [6.07, 6.45) is -1.20. The molecule has 0 saturated carbocycles. The van der Waals surface area contributed by atoms with Crippen molar-refractivity contribution in [3.8, 4) is 28.8 Å². The average molecular weight is 361 g/mol. The fourth-order valence-corrected chi connectivity index (χ4v) is 2.14. The van der Waals surface area contributed by atoms with Crippen molar-refractivity contribution in [3.63, 3.8) is 0 Å². The molecule has 0 fully saturated rings. The Balaban J connectivity index is 1.87. The Morgan fingerprint density at radius 2 is 1.77 bits per heavy atom. The van der Waals surface area contributed by atoms with Crippen molar-refractivity contribution in [2.45, 2.75) is 13.1 Å². The summed E-state index contributed by atoms with van der Waals surface area (Å²) in [6.45, 7) is 0.359. The number of hydrogen-bond acceptors (Lipinski definition) is 5. The first-order valence-corrected chi connectivity index (χ1v) is 7.63. The monoisotopic (exact) mass is 361 g/mol. The topological polar surface area (TPSA) is 57.1 Å². The summed E-state index contributed by atoms with van der Waals surface area (Å²) >= 11 is 0. The Labute approximate surface area is 147 Å². The van der Waals surface area contributed by atoms with E-state index < -0.39 is 12.8 Å². The third-order valence-electron chi connectivity index (χ3n) is 3.21. The highest BCUT2D eigenvalue weighted by atomic mass is 19.4. The second-order valence-corrected chi connectivity index (χ2v) is 5.37. The third kappa shape index (κ3) is 4.69. The van der Waals surface area contributed by atoms with E-state index >= 15 is 0 Å². The fourth-order valence-electron chi connectivity index (χ4n) is 2.14. The van der Waals surface area contributed by atoms with Crippen LogP contribution in [0.1, 0.15) is 5.69 Å². The van der Waals surface area contributed by atoms with Gasteiger partial charge in [0.05, 0.1) is 0 Å². The van der Waals surface area contributed by atoms with Gasteiger partial charge in [0.1, 0.15) is 0 Å². The normalized spacial score (nSPS) is 11.2. The maximum Gasteiger partial charge on any atom is 0.422 e. The van der Waals surface area contributed by atoms with Crippen molar-refractivity contribution in [1.82, 2.24) is 15.0 Å². The molecule has 2 aromatic heterocycles. The maximum atomic E-state index is 12.4. The first-order valence-electron chi connectivity index (χ1n) is 7.63. The molecule has 0 aliphatic heterocycles. The van der Waals surface area contributed by atoms with Gasteiger partial charge in [-0.2, -0.15) is 18.2 Å². The molecular formula is C18H14F3N3O2. The zero-order valence-electron chi connectivity index (χ0n) is 13.7. The van der Waals surface area contributed by atoms with Gasteiger partial charge >= 0.3 is 6.18 Å². The second-order valence-electron chi connectivity index (χ2n) is 5.37. The Morgan fingerprint density at radius 3 is 2.46 bits per heavy atom. The molecule has 0 saturated heterocycles. The molecule has 0 atom stereocenters. The molecule has 0 amide bonds. The first kappa shape index (κ1) is 17.7. The highest BCUT2D eigenvalue weighted by Crippen LogP contribution is 2.32. The van der Waals surface area contributed by atoms with Crippen molar-refractivity contribution >= 4 is 0 Å². The summed E-state index contributed by atoms with van der Waals surface area (Å²) < 4.78 is 47.7. The molecule has 5 nitrogen and oxygen atoms in total. The summed E-state index contributed by atoms with van der Waals surface area (Å²) in [5.41, 5.74) is 1.34. The standard InChI is InChI=1S/C18H14F3N3O2/c1-12-9-16(24-17(23-12)13-5-4-8-22-10-13)26-15-7-3-2-6-14(15)25-11-18(19,20)21/h2-10H,11H2,1H3. The van der Waals surface area contributed by atoms with Gasteiger partial charge in [-0.15, -0.1) is 0 Å². The van der Waals surface area contributed by atoms with E-state index in [9.17, 15) is 13.2 Å². The molecule has 8 heteroatoms. The van der Waals surface area contributed by atoms with Crippen LogP contribution in [-0.2, 0) is 0 Å². The zero-order chi connectivity index (χ0) is 18.6. The minimum Gasteiger partial charge on any atom is -0.480 e. The number of para-hydroxylation sites is 2. The number of aryl methyl sites for hydroxylation is 1. The van der Waals surface area contributed by atoms with Crippen LogP contribution in [-0.4, -0.2) is 27.7 Å². The molecule has 3 aromatic rings. The smallest absolute Gasteiger partial charge is 0.422 e. The minimum atomic E-state index is -4.44. The molecule has 134 valence electrons. The summed E-state index contributed by atoms with van der Waals surface area (Å²) in [5.74, 6) is 0.706. The molecule has 0 radical (unpaired) electrons. The quantitative estimate of drug-likeness (QED) is 0.666. The number of pyridine rings is 1. The SMILES string of the molecule is Cc1cc(Oc2ccccc2OCC(F)(F)F)nc(-c2cccnc2)n1. The lowest BCUT2D eigenvalue weighted by molar-refractivity contribution is -0.153. The van der Waals surface area contributed by atoms with Crippen LogP contribution in [0, 0.1) is 6.92 Å². The van der Waals surface area contributed by atoms with Gasteiger partial charge in [0.25, 0.3) is 0 Å². The summed E-state index contributed by atoms with van der Waals surface area (Å²) in [6, 6.07) is 11.2. The predicted molar refractivity (Wildman–Crippen MR) is 88.1 cm³/mol. The molecule has 0 unspecified atom stereocenters. The summed E-state index contributed by atoms with van der Waals surface area (Å²) in [5, 5.41) is 0. The number of nitrogens with zero attached hydrogens (tertiary/aromatic N) is 3. The van der Waals surface area contributed by atoms with Crippen molar-refractivity contribution in [1.29, 1.82) is 0 Å². The van der Waals surface area contributed by atoms with Gasteiger partial charge in [-0.05, 0) is 31.2 Å². The van der Waals surface area contributed by atoms with E-state index in [-0.39, 0.29) is 17.4 Å². The minimum absolute atomic E-state index is 0.0241. The number of aromatic nitrogens is 3. The molecule has 0 N–H and O–H groups in total. The number of benzene rings is 1. The van der Waals surface area contributed by atoms with Crippen molar-refractivity contribution in [3.05, 3.63) is 60.6 Å². The van der Waals surface area contributed by atoms with E-state index in [1.165, 1.54) is 12.1 Å². The van der Waals surface area contributed by atoms with Crippen LogP contribution in [0.2, 0.25) is 0 Å². The number of rotatable bonds is 5. The van der Waals surface area contributed by atoms with Crippen LogP contribution in [0.3, 0.4) is 0 Å². The van der Waals surface area contributed by atoms with Crippen LogP contribution in [0.5, 0.6) is 17.4 Å². The van der Waals surface area contributed by atoms with E-state index in [0.29, 0.717) is 17.1 Å². The Kier molecular flexibility index (Phi) is 5.01. The lowest BCUT2D eigenvalue weighted by Crippen LogP contribution is -2.19. The van der Waals surface area contributed by atoms with Crippen LogP contribution < -0.4 is 9.47 Å². The summed E-state index contributed by atoms with van der Waals surface area (Å²) in [7, 11) is 0. The van der Waals surface area contributed by atoms with Gasteiger partial charge in [0.2, 0.25) is 5.88 Å². The number of ether oxygens (including phenoxy) is 2. The van der Waals surface area contributed by atoms with E-state index in [1.54, 1.807) is 49.6 Å². The highest BCUT2D eigenvalue weighted by Gasteiger charge is 2.29. The molecule has 26 heavy (non-hydrogen) atoms. The maximum absolute atomic E-state index is 12.4. The molecule has 2 heterocycles. The Hall–Kier alpha value is -3.16. The van der Waals surface area contributed by atoms with Gasteiger partial charge in [0.15, 0.2) is 23.9 Å². The highest BCUT2D eigenvalue weighted by molar-refractivity contribution is 5.54. The van der Waals surface area contributed by atoms with E-state index in [4.69, 9.17) is 9.47 Å². The van der Waals surface area contributed by atoms with E-state index in [0.717, 1.165) is 0 Å². The molecule has 1 aromatic carbocycles. The molecule has 0 aliphatic rings. The molecule has 0 spiro atoms. The average Bonchev–Trinajstić information content (AvgIpc) is 2.60. The zero-order valence-corrected chi connectivity index (χ0v) is 13.7. The van der Waals surface area contributed by atoms with Crippen LogP contribution >= 0.6 is 0 Å². The second kappa shape index (κ2) is 7.38. The fraction of sp³-hybridized carbons (Fsp3) is 0.167.